The van der Waals surface area contributed by atoms with Crippen molar-refractivity contribution in [1.82, 2.24) is 5.32 Å². The molecular formula is C24H34F2N2O2. The molecule has 1 unspecified atom stereocenters. The summed E-state index contributed by atoms with van der Waals surface area (Å²) in [5, 5.41) is 7.69. The maximum absolute atomic E-state index is 14.2. The molecule has 30 heavy (non-hydrogen) atoms. The van der Waals surface area contributed by atoms with Gasteiger partial charge in [0.15, 0.2) is 0 Å². The summed E-state index contributed by atoms with van der Waals surface area (Å²) in [5.74, 6) is 1.12. The van der Waals surface area contributed by atoms with Crippen LogP contribution in [0.1, 0.15) is 71.6 Å². The van der Waals surface area contributed by atoms with Crippen LogP contribution >= 0.6 is 0 Å². The molecule has 1 saturated heterocycles. The second-order valence-electron chi connectivity index (χ2n) is 10.9. The van der Waals surface area contributed by atoms with E-state index in [1.807, 2.05) is 0 Å². The first-order valence-electron chi connectivity index (χ1n) is 11.8. The Labute approximate surface area is 177 Å². The number of Topliss-reactive ketones (excluding diaryl/α,β-unsaturated/α-hetero) is 1. The number of nitrogens with one attached hydrogen (secondary N) is 1. The van der Waals surface area contributed by atoms with E-state index in [1.54, 1.807) is 0 Å². The minimum Gasteiger partial charge on any atom is -0.391 e. The maximum atomic E-state index is 14.2. The van der Waals surface area contributed by atoms with Gasteiger partial charge in [-0.1, -0.05) is 19.0 Å². The third-order valence-corrected chi connectivity index (χ3v) is 9.65. The zero-order chi connectivity index (χ0) is 21.1. The van der Waals surface area contributed by atoms with Gasteiger partial charge in [-0.2, -0.15) is 8.78 Å². The molecule has 0 radical (unpaired) electrons. The van der Waals surface area contributed by atoms with Crippen LogP contribution in [-0.4, -0.2) is 30.7 Å². The lowest BCUT2D eigenvalue weighted by atomic mass is 9.44. The van der Waals surface area contributed by atoms with E-state index in [0.717, 1.165) is 57.3 Å². The third kappa shape index (κ3) is 3.08. The number of halogens is 2. The molecule has 1 heterocycles. The van der Waals surface area contributed by atoms with E-state index < -0.39 is 6.08 Å². The molecular weight excluding hydrogens is 386 g/mol. The fraction of sp³-hybridized carbons (Fsp3) is 0.833. The van der Waals surface area contributed by atoms with Crippen molar-refractivity contribution in [3.63, 3.8) is 0 Å². The minimum atomic E-state index is -1.50. The molecule has 0 amide bonds. The average Bonchev–Trinajstić information content (AvgIpc) is 3.34. The predicted molar refractivity (Wildman–Crippen MR) is 111 cm³/mol. The van der Waals surface area contributed by atoms with Crippen molar-refractivity contribution < 1.29 is 18.4 Å². The Morgan fingerprint density at radius 1 is 1.10 bits per heavy atom. The standard InChI is InChI=1S/C24H34F2N2O2/c1-23-8-5-14(28-30-15-7-10-27-13-15)11-20(23)17(22(25)26)12-16-18-3-4-21(29)24(18,2)9-6-19(16)23/h15-16,18-20,27H,3-13H2,1-2H3/b28-14-/t15-,16+,18+,19-,20?,23-,24+/m1/s1. The molecule has 166 valence electrons. The van der Waals surface area contributed by atoms with Crippen LogP contribution in [0.2, 0.25) is 0 Å². The highest BCUT2D eigenvalue weighted by molar-refractivity contribution is 5.87. The predicted octanol–water partition coefficient (Wildman–Crippen LogP) is 5.09. The summed E-state index contributed by atoms with van der Waals surface area (Å²) >= 11 is 0. The van der Waals surface area contributed by atoms with Crippen LogP contribution in [0.3, 0.4) is 0 Å². The Morgan fingerprint density at radius 2 is 1.93 bits per heavy atom. The van der Waals surface area contributed by atoms with E-state index in [9.17, 15) is 13.6 Å². The van der Waals surface area contributed by atoms with Crippen molar-refractivity contribution in [2.75, 3.05) is 13.1 Å². The summed E-state index contributed by atoms with van der Waals surface area (Å²) < 4.78 is 28.5. The Morgan fingerprint density at radius 3 is 2.67 bits per heavy atom. The van der Waals surface area contributed by atoms with Gasteiger partial charge in [0, 0.05) is 24.8 Å². The van der Waals surface area contributed by atoms with Gasteiger partial charge >= 0.3 is 0 Å². The minimum absolute atomic E-state index is 0.102. The second kappa shape index (κ2) is 7.39. The van der Waals surface area contributed by atoms with E-state index in [1.165, 1.54) is 0 Å². The first kappa shape index (κ1) is 20.6. The summed E-state index contributed by atoms with van der Waals surface area (Å²) in [6.07, 6.45) is 5.76. The summed E-state index contributed by atoms with van der Waals surface area (Å²) in [7, 11) is 0. The van der Waals surface area contributed by atoms with Crippen LogP contribution in [0.4, 0.5) is 8.78 Å². The highest BCUT2D eigenvalue weighted by atomic mass is 19.3. The van der Waals surface area contributed by atoms with Crippen molar-refractivity contribution >= 4 is 11.5 Å². The van der Waals surface area contributed by atoms with Crippen molar-refractivity contribution in [2.45, 2.75) is 77.7 Å². The van der Waals surface area contributed by atoms with Crippen LogP contribution in [0.25, 0.3) is 0 Å². The lowest BCUT2D eigenvalue weighted by molar-refractivity contribution is -0.134. The zero-order valence-electron chi connectivity index (χ0n) is 18.2. The van der Waals surface area contributed by atoms with Gasteiger partial charge in [-0.15, -0.1) is 0 Å². The third-order valence-electron chi connectivity index (χ3n) is 9.65. The SMILES string of the molecule is C[C@]12CC/C(=N/O[C@@H]3CCNC3)CC1C(=C(F)F)C[C@@H]1[C@H]2CC[C@]2(C)C(=O)CC[C@@H]12. The smallest absolute Gasteiger partial charge is 0.269 e. The molecule has 0 spiro atoms. The largest absolute Gasteiger partial charge is 0.391 e. The second-order valence-corrected chi connectivity index (χ2v) is 10.9. The Kier molecular flexibility index (Phi) is 5.07. The molecule has 5 fully saturated rings. The van der Waals surface area contributed by atoms with Gasteiger partial charge in [0.2, 0.25) is 0 Å². The van der Waals surface area contributed by atoms with E-state index >= 15 is 0 Å². The van der Waals surface area contributed by atoms with Gasteiger partial charge in [-0.3, -0.25) is 4.79 Å². The Hall–Kier alpha value is -1.30. The number of allylic oxidation sites excluding steroid dienone is 1. The molecule has 1 aliphatic heterocycles. The first-order chi connectivity index (χ1) is 14.3. The molecule has 0 aromatic carbocycles. The normalized spacial score (nSPS) is 47.1. The number of ketones is 1. The van der Waals surface area contributed by atoms with E-state index in [0.29, 0.717) is 36.5 Å². The van der Waals surface area contributed by atoms with Crippen molar-refractivity contribution in [3.8, 4) is 0 Å². The molecule has 5 aliphatic rings. The van der Waals surface area contributed by atoms with Gasteiger partial charge in [0.1, 0.15) is 11.9 Å². The van der Waals surface area contributed by atoms with Gasteiger partial charge in [-0.05, 0) is 86.2 Å². The lowest BCUT2D eigenvalue weighted by Crippen LogP contribution is -2.54. The quantitative estimate of drug-likeness (QED) is 0.633. The van der Waals surface area contributed by atoms with Crippen molar-refractivity contribution in [1.29, 1.82) is 0 Å². The van der Waals surface area contributed by atoms with Crippen LogP contribution < -0.4 is 5.32 Å². The first-order valence-corrected chi connectivity index (χ1v) is 11.8. The highest BCUT2D eigenvalue weighted by Crippen LogP contribution is 2.66. The molecule has 0 bridgehead atoms. The summed E-state index contributed by atoms with van der Waals surface area (Å²) in [4.78, 5) is 18.3. The summed E-state index contributed by atoms with van der Waals surface area (Å²) in [6.45, 7) is 6.11. The summed E-state index contributed by atoms with van der Waals surface area (Å²) in [5.41, 5.74) is 0.866. The number of carbonyl (C=O) groups excluding carboxylic acids is 1. The Balaban J connectivity index is 1.42. The fourth-order valence-corrected chi connectivity index (χ4v) is 7.84. The number of fused-ring (bicyclic) bond motifs is 5. The molecule has 4 nitrogen and oxygen atoms in total. The van der Waals surface area contributed by atoms with Gasteiger partial charge in [-0.25, -0.2) is 0 Å². The molecule has 4 aliphatic carbocycles. The molecule has 0 aromatic heterocycles. The Bertz CT molecular complexity index is 786. The van der Waals surface area contributed by atoms with Crippen molar-refractivity contribution in [3.05, 3.63) is 11.7 Å². The number of oxime groups is 1. The van der Waals surface area contributed by atoms with E-state index in [4.69, 9.17) is 4.84 Å². The van der Waals surface area contributed by atoms with Crippen molar-refractivity contribution in [2.24, 2.45) is 39.7 Å². The molecule has 0 aromatic rings. The number of carbonyl (C=O) groups is 1. The zero-order valence-corrected chi connectivity index (χ0v) is 18.2. The summed E-state index contributed by atoms with van der Waals surface area (Å²) in [6, 6.07) is 0. The van der Waals surface area contributed by atoms with Crippen LogP contribution in [-0.2, 0) is 9.63 Å². The number of rotatable bonds is 2. The molecule has 6 heteroatoms. The molecule has 7 atom stereocenters. The fourth-order valence-electron chi connectivity index (χ4n) is 7.84. The van der Waals surface area contributed by atoms with E-state index in [-0.39, 0.29) is 34.7 Å². The van der Waals surface area contributed by atoms with Crippen LogP contribution in [0.5, 0.6) is 0 Å². The van der Waals surface area contributed by atoms with E-state index in [2.05, 4.69) is 24.3 Å². The number of nitrogens with zero attached hydrogens (tertiary/aromatic N) is 1. The lowest BCUT2D eigenvalue weighted by Gasteiger charge is -2.59. The monoisotopic (exact) mass is 420 g/mol. The topological polar surface area (TPSA) is 50.7 Å². The van der Waals surface area contributed by atoms with Gasteiger partial charge in [0.25, 0.3) is 6.08 Å². The van der Waals surface area contributed by atoms with Gasteiger partial charge < -0.3 is 10.2 Å². The molecule has 4 saturated carbocycles. The number of hydrogen-bond acceptors (Lipinski definition) is 4. The average molecular weight is 421 g/mol. The maximum Gasteiger partial charge on any atom is 0.269 e. The van der Waals surface area contributed by atoms with Gasteiger partial charge in [0.05, 0.1) is 5.71 Å². The highest BCUT2D eigenvalue weighted by Gasteiger charge is 2.61. The molecule has 1 N–H and O–H groups in total. The molecule has 5 rings (SSSR count). The van der Waals surface area contributed by atoms with Crippen LogP contribution in [0, 0.1) is 34.5 Å². The van der Waals surface area contributed by atoms with Crippen LogP contribution in [0.15, 0.2) is 16.8 Å². The number of hydrogen-bond donors (Lipinski definition) is 1.